The number of hydrogen-bond donors (Lipinski definition) is 2. The fourth-order valence-corrected chi connectivity index (χ4v) is 5.02. The summed E-state index contributed by atoms with van der Waals surface area (Å²) in [6.07, 6.45) is 0. The molecule has 0 aliphatic heterocycles. The van der Waals surface area contributed by atoms with Crippen molar-refractivity contribution in [2.75, 3.05) is 0 Å². The first-order valence-electron chi connectivity index (χ1n) is 10.2. The van der Waals surface area contributed by atoms with Gasteiger partial charge in [-0.1, -0.05) is 60.7 Å². The molecule has 0 fully saturated rings. The molecule has 1 heterocycles. The number of rotatable bonds is 3. The Kier molecular flexibility index (Phi) is 4.14. The van der Waals surface area contributed by atoms with Gasteiger partial charge < -0.3 is 9.09 Å². The third-order valence-electron chi connectivity index (χ3n) is 5.87. The third-order valence-corrected chi connectivity index (χ3v) is 6.31. The van der Waals surface area contributed by atoms with E-state index in [1.54, 1.807) is 12.1 Å². The molecule has 0 saturated carbocycles. The van der Waals surface area contributed by atoms with Gasteiger partial charge in [-0.25, -0.2) is 4.57 Å². The molecule has 2 N–H and O–H groups in total. The van der Waals surface area contributed by atoms with Gasteiger partial charge in [-0.05, 0) is 57.9 Å². The van der Waals surface area contributed by atoms with E-state index in [1.807, 2.05) is 24.3 Å². The van der Waals surface area contributed by atoms with Crippen molar-refractivity contribution < 1.29 is 18.9 Å². The average molecular weight is 439 g/mol. The van der Waals surface area contributed by atoms with Crippen LogP contribution in [0.5, 0.6) is 5.75 Å². The first-order chi connectivity index (χ1) is 15.5. The molecule has 5 aromatic carbocycles. The quantitative estimate of drug-likeness (QED) is 0.306. The van der Waals surface area contributed by atoms with Crippen LogP contribution < -0.4 is 4.52 Å². The molecule has 0 bridgehead atoms. The van der Waals surface area contributed by atoms with E-state index >= 15 is 0 Å². The number of fused-ring (bicyclic) bond motifs is 7. The zero-order valence-corrected chi connectivity index (χ0v) is 17.7. The number of benzene rings is 5. The number of aromatic nitrogens is 1. The van der Waals surface area contributed by atoms with E-state index in [9.17, 15) is 4.57 Å². The van der Waals surface area contributed by atoms with Crippen LogP contribution in [0.1, 0.15) is 0 Å². The monoisotopic (exact) mass is 439 g/mol. The molecular weight excluding hydrogens is 421 g/mol. The SMILES string of the molecule is O=P(O)(O)Oc1ccc(-n2c3ccc4ccccc4c3c3c4ccccc4ccc32)cc1. The lowest BCUT2D eigenvalue weighted by molar-refractivity contribution is 0.283. The van der Waals surface area contributed by atoms with E-state index in [-0.39, 0.29) is 5.75 Å². The maximum atomic E-state index is 11.2. The molecule has 5 nitrogen and oxygen atoms in total. The summed E-state index contributed by atoms with van der Waals surface area (Å²) in [4.78, 5) is 18.2. The van der Waals surface area contributed by atoms with E-state index in [4.69, 9.17) is 14.3 Å². The van der Waals surface area contributed by atoms with Gasteiger partial charge in [0.05, 0.1) is 11.0 Å². The Morgan fingerprint density at radius 3 is 1.62 bits per heavy atom. The molecule has 6 heteroatoms. The molecular formula is C26H18NO4P. The Bertz CT molecular complexity index is 1600. The average Bonchev–Trinajstić information content (AvgIpc) is 3.14. The molecule has 0 saturated heterocycles. The van der Waals surface area contributed by atoms with Crippen molar-refractivity contribution in [3.05, 3.63) is 97.1 Å². The van der Waals surface area contributed by atoms with Gasteiger partial charge in [-0.2, -0.15) is 0 Å². The van der Waals surface area contributed by atoms with Crippen LogP contribution in [0.3, 0.4) is 0 Å². The predicted octanol–water partition coefficient (Wildman–Crippen LogP) is 6.56. The van der Waals surface area contributed by atoms with E-state index in [2.05, 4.69) is 65.2 Å². The molecule has 156 valence electrons. The minimum atomic E-state index is -4.60. The smallest absolute Gasteiger partial charge is 0.404 e. The highest BCUT2D eigenvalue weighted by Crippen LogP contribution is 2.41. The lowest BCUT2D eigenvalue weighted by Crippen LogP contribution is -1.95. The van der Waals surface area contributed by atoms with Crippen LogP contribution in [-0.4, -0.2) is 14.4 Å². The van der Waals surface area contributed by atoms with E-state index in [1.165, 1.54) is 32.3 Å². The second-order valence-corrected chi connectivity index (χ2v) is 8.94. The number of phosphoric ester groups is 1. The molecule has 1 aromatic heterocycles. The lowest BCUT2D eigenvalue weighted by Gasteiger charge is -2.11. The van der Waals surface area contributed by atoms with Gasteiger partial charge in [0, 0.05) is 16.5 Å². The summed E-state index contributed by atoms with van der Waals surface area (Å²) < 4.78 is 18.1. The normalized spacial score (nSPS) is 12.2. The zero-order valence-electron chi connectivity index (χ0n) is 16.8. The molecule has 6 rings (SSSR count). The highest BCUT2D eigenvalue weighted by Gasteiger charge is 2.18. The molecule has 0 unspecified atom stereocenters. The van der Waals surface area contributed by atoms with Crippen molar-refractivity contribution in [1.29, 1.82) is 0 Å². The van der Waals surface area contributed by atoms with Gasteiger partial charge in [-0.3, -0.25) is 9.79 Å². The van der Waals surface area contributed by atoms with E-state index in [0.29, 0.717) is 0 Å². The van der Waals surface area contributed by atoms with E-state index in [0.717, 1.165) is 16.7 Å². The van der Waals surface area contributed by atoms with Gasteiger partial charge in [0.15, 0.2) is 0 Å². The Labute approximate surface area is 183 Å². The molecule has 32 heavy (non-hydrogen) atoms. The molecule has 6 aromatic rings. The molecule has 0 aliphatic carbocycles. The molecule has 0 atom stereocenters. The first-order valence-corrected chi connectivity index (χ1v) is 11.7. The summed E-state index contributed by atoms with van der Waals surface area (Å²) in [5, 5.41) is 7.10. The van der Waals surface area contributed by atoms with Crippen molar-refractivity contribution in [2.24, 2.45) is 0 Å². The number of phosphoric acid groups is 1. The second kappa shape index (κ2) is 6.94. The Balaban J connectivity index is 1.72. The van der Waals surface area contributed by atoms with Crippen LogP contribution in [-0.2, 0) is 4.57 Å². The van der Waals surface area contributed by atoms with Crippen LogP contribution in [0.15, 0.2) is 97.1 Å². The minimum absolute atomic E-state index is 0.124. The van der Waals surface area contributed by atoms with Crippen molar-refractivity contribution in [3.63, 3.8) is 0 Å². The Hall–Kier alpha value is -3.63. The van der Waals surface area contributed by atoms with Gasteiger partial charge >= 0.3 is 7.82 Å². The molecule has 0 aliphatic rings. The summed E-state index contributed by atoms with van der Waals surface area (Å²) in [5.41, 5.74) is 3.02. The van der Waals surface area contributed by atoms with Crippen LogP contribution in [0.25, 0.3) is 49.0 Å². The maximum absolute atomic E-state index is 11.2. The fourth-order valence-electron chi connectivity index (χ4n) is 4.62. The predicted molar refractivity (Wildman–Crippen MR) is 128 cm³/mol. The summed E-state index contributed by atoms with van der Waals surface area (Å²) >= 11 is 0. The molecule has 0 radical (unpaired) electrons. The van der Waals surface area contributed by atoms with Crippen molar-refractivity contribution >= 4 is 51.2 Å². The van der Waals surface area contributed by atoms with Crippen LogP contribution in [0, 0.1) is 0 Å². The third kappa shape index (κ3) is 2.99. The van der Waals surface area contributed by atoms with Crippen molar-refractivity contribution in [3.8, 4) is 11.4 Å². The van der Waals surface area contributed by atoms with Crippen molar-refractivity contribution in [2.45, 2.75) is 0 Å². The highest BCUT2D eigenvalue weighted by molar-refractivity contribution is 7.46. The number of hydrogen-bond acceptors (Lipinski definition) is 2. The number of nitrogens with zero attached hydrogens (tertiary/aromatic N) is 1. The first kappa shape index (κ1) is 19.1. The maximum Gasteiger partial charge on any atom is 0.524 e. The second-order valence-electron chi connectivity index (χ2n) is 7.77. The van der Waals surface area contributed by atoms with Crippen molar-refractivity contribution in [1.82, 2.24) is 4.57 Å². The summed E-state index contributed by atoms with van der Waals surface area (Å²) in [7, 11) is -4.60. The Morgan fingerprint density at radius 2 is 1.12 bits per heavy atom. The largest absolute Gasteiger partial charge is 0.524 e. The summed E-state index contributed by atoms with van der Waals surface area (Å²) in [6, 6.07) is 32.1. The van der Waals surface area contributed by atoms with E-state index < -0.39 is 7.82 Å². The lowest BCUT2D eigenvalue weighted by atomic mass is 10.00. The summed E-state index contributed by atoms with van der Waals surface area (Å²) in [5.74, 6) is 0.124. The van der Waals surface area contributed by atoms with Crippen LogP contribution >= 0.6 is 7.82 Å². The van der Waals surface area contributed by atoms with Gasteiger partial charge in [0.25, 0.3) is 0 Å². The zero-order chi connectivity index (χ0) is 21.9. The highest BCUT2D eigenvalue weighted by atomic mass is 31.2. The minimum Gasteiger partial charge on any atom is -0.404 e. The standard InChI is InChI=1S/C26H18NO4P/c28-32(29,30)31-20-13-11-19(12-14-20)27-23-15-9-17-5-1-3-7-21(17)25(23)26-22-8-4-2-6-18(22)10-16-24(26)27/h1-16H,(H2,28,29,30). The van der Waals surface area contributed by atoms with Gasteiger partial charge in [-0.15, -0.1) is 0 Å². The topological polar surface area (TPSA) is 71.7 Å². The van der Waals surface area contributed by atoms with Gasteiger partial charge in [0.2, 0.25) is 0 Å². The summed E-state index contributed by atoms with van der Waals surface area (Å²) in [6.45, 7) is 0. The Morgan fingerprint density at radius 1 is 0.625 bits per heavy atom. The molecule has 0 amide bonds. The van der Waals surface area contributed by atoms with Crippen LogP contribution in [0.4, 0.5) is 0 Å². The van der Waals surface area contributed by atoms with Crippen LogP contribution in [0.2, 0.25) is 0 Å². The fraction of sp³-hybridized carbons (Fsp3) is 0. The molecule has 0 spiro atoms. The van der Waals surface area contributed by atoms with Gasteiger partial charge in [0.1, 0.15) is 5.75 Å².